The summed E-state index contributed by atoms with van der Waals surface area (Å²) in [6.07, 6.45) is 1.84. The van der Waals surface area contributed by atoms with Gasteiger partial charge in [0.15, 0.2) is 22.8 Å². The number of alkyl halides is 2. The lowest BCUT2D eigenvalue weighted by Gasteiger charge is -2.30. The number of aliphatic hydroxyl groups is 2. The van der Waals surface area contributed by atoms with Crippen LogP contribution in [0, 0.1) is 11.3 Å². The number of phosphoric acid groups is 3. The molecule has 0 aliphatic carbocycles. The molecule has 1 saturated heterocycles. The van der Waals surface area contributed by atoms with Crippen LogP contribution in [0.5, 0.6) is 0 Å². The monoisotopic (exact) mass is 1040 g/mol. The summed E-state index contributed by atoms with van der Waals surface area (Å²) >= 11 is 0.710. The molecule has 1 fully saturated rings. The van der Waals surface area contributed by atoms with Crippen molar-refractivity contribution in [2.75, 3.05) is 37.8 Å². The van der Waals surface area contributed by atoms with Crippen LogP contribution in [0.3, 0.4) is 0 Å². The quantitative estimate of drug-likeness (QED) is 0.0356. The first-order chi connectivity index (χ1) is 31.4. The Kier molecular flexibility index (Phi) is 24.3. The van der Waals surface area contributed by atoms with Crippen LogP contribution in [-0.4, -0.2) is 129 Å². The Morgan fingerprint density at radius 3 is 2.15 bits per heavy atom. The molecular formula is C37H64F2N7O17P3S. The number of amides is 2. The van der Waals surface area contributed by atoms with Gasteiger partial charge in [-0.3, -0.25) is 32.5 Å². The zero-order valence-electron chi connectivity index (χ0n) is 37.5. The van der Waals surface area contributed by atoms with Gasteiger partial charge in [-0.25, -0.2) is 37.4 Å². The van der Waals surface area contributed by atoms with Gasteiger partial charge in [-0.2, -0.15) is 4.31 Å². The zero-order valence-corrected chi connectivity index (χ0v) is 41.0. The van der Waals surface area contributed by atoms with Gasteiger partial charge >= 0.3 is 23.5 Å². The highest BCUT2D eigenvalue weighted by Gasteiger charge is 2.50. The first-order valence-electron chi connectivity index (χ1n) is 21.7. The molecule has 0 aromatic carbocycles. The number of ether oxygens (including phenoxy) is 1. The molecule has 0 saturated carbocycles. The first kappa shape index (κ1) is 58.7. The van der Waals surface area contributed by atoms with Crippen LogP contribution in [-0.2, 0) is 50.7 Å². The second-order valence-electron chi connectivity index (χ2n) is 16.5. The Balaban J connectivity index is 1.37. The molecule has 0 radical (unpaired) electrons. The Bertz CT molecular complexity index is 2040. The number of imidazole rings is 1. The van der Waals surface area contributed by atoms with E-state index in [0.717, 1.165) is 42.9 Å². The van der Waals surface area contributed by atoms with Crippen LogP contribution < -0.4 is 16.4 Å². The highest BCUT2D eigenvalue weighted by molar-refractivity contribution is 8.13. The number of aromatic nitrogens is 4. The Morgan fingerprint density at radius 2 is 1.54 bits per heavy atom. The molecule has 0 spiro atoms. The number of hydrogen-bond acceptors (Lipinski definition) is 18. The molecule has 2 aromatic heterocycles. The maximum absolute atomic E-state index is 13.6. The third kappa shape index (κ3) is 20.4. The number of hydrogen-bond donors (Lipinski definition) is 9. The molecule has 4 unspecified atom stereocenters. The lowest BCUT2D eigenvalue weighted by atomic mass is 9.87. The first-order valence-corrected chi connectivity index (χ1v) is 27.2. The van der Waals surface area contributed by atoms with E-state index in [4.69, 9.17) is 19.5 Å². The van der Waals surface area contributed by atoms with Gasteiger partial charge in [-0.15, -0.1) is 0 Å². The number of anilines is 1. The number of nitrogens with zero attached hydrogens (tertiary/aromatic N) is 4. The van der Waals surface area contributed by atoms with E-state index in [1.165, 1.54) is 52.4 Å². The Morgan fingerprint density at radius 1 is 0.925 bits per heavy atom. The molecule has 67 heavy (non-hydrogen) atoms. The molecule has 8 atom stereocenters. The standard InChI is InChI=1S/C37H64F2N7O17P3S/c1-4-5-6-7-8-9-10-11-12-13-14-15-24(31(38)39)36(51)67-19-18-41-26(47)16-17-42-34(50)30(49)37(2,3)21-60-66(57,58)63-65(55,56)59-20-25-29(62-64(52,53)54)28(48)35(61-25)46-23-45-27-32(40)43-22-44-33(27)46/h22-25,28-31,35,48-49H,4-21H2,1-3H3,(H,41,47)(H,42,50)(H,55,56)(H,57,58)(H2,40,43,44)(H2,52,53,54)/t24?,25-,28-,29-,30?,35-/m1/s1. The number of carbonyl (C=O) groups excluding carboxylic acids is 3. The highest BCUT2D eigenvalue weighted by atomic mass is 32.2. The number of nitrogens with one attached hydrogen (secondary N) is 2. The van der Waals surface area contributed by atoms with Crippen molar-refractivity contribution >= 4 is 69.1 Å². The number of thioether (sulfide) groups is 1. The van der Waals surface area contributed by atoms with Gasteiger partial charge in [0.2, 0.25) is 18.2 Å². The minimum atomic E-state index is -5.61. The largest absolute Gasteiger partial charge is 0.481 e. The van der Waals surface area contributed by atoms with Crippen molar-refractivity contribution in [3.63, 3.8) is 0 Å². The van der Waals surface area contributed by atoms with Crippen LogP contribution in [0.15, 0.2) is 12.7 Å². The van der Waals surface area contributed by atoms with Gasteiger partial charge in [0.25, 0.3) is 0 Å². The molecule has 24 nitrogen and oxygen atoms in total. The maximum Gasteiger partial charge on any atom is 0.481 e. The average Bonchev–Trinajstić information content (AvgIpc) is 3.80. The third-order valence-electron chi connectivity index (χ3n) is 10.5. The smallest absolute Gasteiger partial charge is 0.386 e. The number of phosphoric ester groups is 3. The molecule has 384 valence electrons. The number of nitrogens with two attached hydrogens (primary N) is 1. The zero-order chi connectivity index (χ0) is 50.0. The molecular weight excluding hydrogens is 977 g/mol. The van der Waals surface area contributed by atoms with E-state index in [1.54, 1.807) is 0 Å². The minimum Gasteiger partial charge on any atom is -0.386 e. The van der Waals surface area contributed by atoms with E-state index in [-0.39, 0.29) is 48.7 Å². The molecule has 30 heteroatoms. The van der Waals surface area contributed by atoms with Gasteiger partial charge < -0.3 is 50.9 Å². The van der Waals surface area contributed by atoms with Crippen molar-refractivity contribution in [2.45, 2.75) is 141 Å². The summed E-state index contributed by atoms with van der Waals surface area (Å²) in [5.74, 6) is -2.99. The van der Waals surface area contributed by atoms with Crippen LogP contribution in [0.1, 0.15) is 110 Å². The molecule has 1 aliphatic rings. The van der Waals surface area contributed by atoms with Crippen molar-refractivity contribution < 1.29 is 89.3 Å². The molecule has 1 aliphatic heterocycles. The van der Waals surface area contributed by atoms with E-state index in [0.29, 0.717) is 18.2 Å². The molecule has 2 amide bonds. The van der Waals surface area contributed by atoms with E-state index in [2.05, 4.69) is 41.3 Å². The molecule has 3 heterocycles. The topological polar surface area (TPSA) is 364 Å². The number of halogens is 2. The van der Waals surface area contributed by atoms with Gasteiger partial charge in [0.1, 0.15) is 36.3 Å². The van der Waals surface area contributed by atoms with Crippen molar-refractivity contribution in [2.24, 2.45) is 11.3 Å². The summed E-state index contributed by atoms with van der Waals surface area (Å²) in [5.41, 5.74) is 4.19. The predicted molar refractivity (Wildman–Crippen MR) is 238 cm³/mol. The average molecular weight is 1040 g/mol. The second kappa shape index (κ2) is 27.7. The number of rotatable bonds is 33. The number of aliphatic hydroxyl groups excluding tert-OH is 2. The van der Waals surface area contributed by atoms with Crippen LogP contribution in [0.25, 0.3) is 11.2 Å². The van der Waals surface area contributed by atoms with E-state index in [1.807, 2.05) is 0 Å². The van der Waals surface area contributed by atoms with Gasteiger partial charge in [-0.05, 0) is 6.42 Å². The highest BCUT2D eigenvalue weighted by Crippen LogP contribution is 2.61. The van der Waals surface area contributed by atoms with Gasteiger partial charge in [0.05, 0.1) is 25.5 Å². The van der Waals surface area contributed by atoms with E-state index < -0.39 is 102 Å². The SMILES string of the molecule is CCCCCCCCCCCCCC(C(=O)SCCNC(=O)CCNC(=O)C(O)C(C)(C)COP(=O)(O)OP(=O)(O)OC[C@H]1O[C@@H](n2cnc3c(N)ncnc32)[C@H](O)[C@@H]1OP(=O)(O)O)C(F)F. The molecule has 2 aromatic rings. The van der Waals surface area contributed by atoms with Crippen molar-refractivity contribution in [1.29, 1.82) is 0 Å². The fourth-order valence-electron chi connectivity index (χ4n) is 6.76. The maximum atomic E-state index is 13.6. The predicted octanol–water partition coefficient (Wildman–Crippen LogP) is 4.25. The Hall–Kier alpha value is -2.58. The molecule has 0 bridgehead atoms. The Labute approximate surface area is 390 Å². The van der Waals surface area contributed by atoms with Crippen LogP contribution in [0.2, 0.25) is 0 Å². The van der Waals surface area contributed by atoms with E-state index in [9.17, 15) is 66.6 Å². The summed E-state index contributed by atoms with van der Waals surface area (Å²) in [4.78, 5) is 88.6. The van der Waals surface area contributed by atoms with E-state index >= 15 is 0 Å². The molecule has 3 rings (SSSR count). The van der Waals surface area contributed by atoms with Gasteiger partial charge in [-0.1, -0.05) is 103 Å². The van der Waals surface area contributed by atoms with Crippen molar-refractivity contribution in [3.05, 3.63) is 12.7 Å². The number of nitrogen functional groups attached to an aromatic ring is 1. The number of fused-ring (bicyclic) bond motifs is 1. The lowest BCUT2D eigenvalue weighted by Crippen LogP contribution is -2.46. The van der Waals surface area contributed by atoms with Crippen LogP contribution >= 0.6 is 35.2 Å². The van der Waals surface area contributed by atoms with Crippen molar-refractivity contribution in [1.82, 2.24) is 30.2 Å². The van der Waals surface area contributed by atoms with Crippen LogP contribution in [0.4, 0.5) is 14.6 Å². The summed E-state index contributed by atoms with van der Waals surface area (Å²) in [5, 5.41) is 25.7. The summed E-state index contributed by atoms with van der Waals surface area (Å²) in [7, 11) is -16.5. The van der Waals surface area contributed by atoms with Gasteiger partial charge in [0, 0.05) is 30.7 Å². The second-order valence-corrected chi connectivity index (χ2v) is 21.8. The van der Waals surface area contributed by atoms with Crippen molar-refractivity contribution in [3.8, 4) is 0 Å². The summed E-state index contributed by atoms with van der Waals surface area (Å²) in [6.45, 7) is 2.24. The normalized spacial score (nSPS) is 20.7. The lowest BCUT2D eigenvalue weighted by molar-refractivity contribution is -0.137. The molecule has 10 N–H and O–H groups in total. The fraction of sp³-hybridized carbons (Fsp3) is 0.784. The summed E-state index contributed by atoms with van der Waals surface area (Å²) in [6, 6.07) is 0. The number of unbranched alkanes of at least 4 members (excludes halogenated alkanes) is 10. The summed E-state index contributed by atoms with van der Waals surface area (Å²) < 4.78 is 89.6. The minimum absolute atomic E-state index is 0.0144. The third-order valence-corrected chi connectivity index (χ3v) is 14.6. The fourth-order valence-corrected chi connectivity index (χ4v) is 10.4. The number of carbonyl (C=O) groups is 3.